The number of aromatic amines is 1. The number of hydrogen-bond donors (Lipinski definition) is 1. The van der Waals surface area contributed by atoms with Gasteiger partial charge in [-0.2, -0.15) is 5.26 Å². The summed E-state index contributed by atoms with van der Waals surface area (Å²) in [4.78, 5) is 27.9. The maximum atomic E-state index is 11.8. The summed E-state index contributed by atoms with van der Waals surface area (Å²) in [5, 5.41) is 9.24. The molecule has 3 aromatic heterocycles. The highest BCUT2D eigenvalue weighted by Crippen LogP contribution is 2.20. The van der Waals surface area contributed by atoms with Crippen molar-refractivity contribution in [3.63, 3.8) is 0 Å². The van der Waals surface area contributed by atoms with Crippen molar-refractivity contribution in [2.75, 3.05) is 31.1 Å². The van der Waals surface area contributed by atoms with Crippen LogP contribution < -0.4 is 10.5 Å². The molecular weight excluding hydrogens is 340 g/mol. The Hall–Kier alpha value is -3.24. The Morgan fingerprint density at radius 1 is 1.22 bits per heavy atom. The number of nitriles is 1. The summed E-state index contributed by atoms with van der Waals surface area (Å²) in [6.45, 7) is 6.04. The number of aromatic nitrogens is 3. The molecule has 0 atom stereocenters. The summed E-state index contributed by atoms with van der Waals surface area (Å²) in [5.41, 5.74) is 4.64. The quantitative estimate of drug-likeness (QED) is 0.766. The van der Waals surface area contributed by atoms with Crippen LogP contribution >= 0.6 is 0 Å². The van der Waals surface area contributed by atoms with Gasteiger partial charge in [0, 0.05) is 50.7 Å². The predicted octanol–water partition coefficient (Wildman–Crippen LogP) is 1.82. The SMILES string of the molecule is Cc1cc2ncc(CN3CCN(c4cccnc4C#N)CC3)cc2[nH]c1=O. The van der Waals surface area contributed by atoms with Crippen LogP contribution in [0.25, 0.3) is 11.0 Å². The van der Waals surface area contributed by atoms with E-state index in [0.29, 0.717) is 11.3 Å². The van der Waals surface area contributed by atoms with Gasteiger partial charge in [-0.1, -0.05) is 0 Å². The molecule has 1 fully saturated rings. The minimum absolute atomic E-state index is 0.0696. The molecule has 7 heteroatoms. The Kier molecular flexibility index (Phi) is 4.57. The average Bonchev–Trinajstić information content (AvgIpc) is 2.70. The molecule has 1 saturated heterocycles. The Balaban J connectivity index is 1.45. The van der Waals surface area contributed by atoms with Crippen LogP contribution in [0.2, 0.25) is 0 Å². The van der Waals surface area contributed by atoms with E-state index in [0.717, 1.165) is 55.0 Å². The predicted molar refractivity (Wildman–Crippen MR) is 104 cm³/mol. The van der Waals surface area contributed by atoms with Gasteiger partial charge in [0.2, 0.25) is 0 Å². The molecule has 0 bridgehead atoms. The largest absolute Gasteiger partial charge is 0.367 e. The van der Waals surface area contributed by atoms with E-state index in [1.54, 1.807) is 13.1 Å². The second kappa shape index (κ2) is 7.17. The lowest BCUT2D eigenvalue weighted by atomic mass is 10.2. The van der Waals surface area contributed by atoms with Crippen molar-refractivity contribution < 1.29 is 0 Å². The second-order valence-corrected chi connectivity index (χ2v) is 6.80. The fourth-order valence-electron chi connectivity index (χ4n) is 3.45. The van der Waals surface area contributed by atoms with E-state index in [1.807, 2.05) is 30.5 Å². The summed E-state index contributed by atoms with van der Waals surface area (Å²) < 4.78 is 0. The Morgan fingerprint density at radius 2 is 2.04 bits per heavy atom. The van der Waals surface area contributed by atoms with Gasteiger partial charge in [0.25, 0.3) is 5.56 Å². The van der Waals surface area contributed by atoms with Crippen LogP contribution in [-0.2, 0) is 6.54 Å². The molecule has 136 valence electrons. The van der Waals surface area contributed by atoms with Crippen molar-refractivity contribution in [3.05, 3.63) is 63.8 Å². The molecule has 4 heterocycles. The molecule has 0 aromatic carbocycles. The second-order valence-electron chi connectivity index (χ2n) is 6.80. The fourth-order valence-corrected chi connectivity index (χ4v) is 3.45. The zero-order valence-electron chi connectivity index (χ0n) is 15.1. The lowest BCUT2D eigenvalue weighted by Gasteiger charge is -2.36. The molecule has 0 saturated carbocycles. The highest BCUT2D eigenvalue weighted by Gasteiger charge is 2.20. The van der Waals surface area contributed by atoms with Gasteiger partial charge >= 0.3 is 0 Å². The minimum Gasteiger partial charge on any atom is -0.367 e. The number of pyridine rings is 3. The maximum Gasteiger partial charge on any atom is 0.251 e. The van der Waals surface area contributed by atoms with E-state index >= 15 is 0 Å². The molecule has 0 amide bonds. The third-order valence-corrected chi connectivity index (χ3v) is 4.95. The lowest BCUT2D eigenvalue weighted by molar-refractivity contribution is 0.249. The number of piperazine rings is 1. The normalized spacial score (nSPS) is 15.0. The highest BCUT2D eigenvalue weighted by atomic mass is 16.1. The number of nitrogens with one attached hydrogen (secondary N) is 1. The van der Waals surface area contributed by atoms with Gasteiger partial charge in [0.05, 0.1) is 16.7 Å². The van der Waals surface area contributed by atoms with Crippen LogP contribution in [0.15, 0.2) is 41.5 Å². The monoisotopic (exact) mass is 360 g/mol. The van der Waals surface area contributed by atoms with Crippen LogP contribution in [-0.4, -0.2) is 46.0 Å². The molecule has 7 nitrogen and oxygen atoms in total. The van der Waals surface area contributed by atoms with Crippen molar-refractivity contribution in [1.29, 1.82) is 5.26 Å². The zero-order valence-corrected chi connectivity index (χ0v) is 15.1. The highest BCUT2D eigenvalue weighted by molar-refractivity contribution is 5.74. The third-order valence-electron chi connectivity index (χ3n) is 4.95. The number of H-pyrrole nitrogens is 1. The number of fused-ring (bicyclic) bond motifs is 1. The van der Waals surface area contributed by atoms with Crippen LogP contribution in [0.4, 0.5) is 5.69 Å². The number of aryl methyl sites for hydroxylation is 1. The van der Waals surface area contributed by atoms with Gasteiger partial charge in [-0.25, -0.2) is 4.98 Å². The van der Waals surface area contributed by atoms with Crippen molar-refractivity contribution in [3.8, 4) is 6.07 Å². The van der Waals surface area contributed by atoms with Crippen LogP contribution in [0.5, 0.6) is 0 Å². The van der Waals surface area contributed by atoms with Gasteiger partial charge < -0.3 is 9.88 Å². The third kappa shape index (κ3) is 3.52. The van der Waals surface area contributed by atoms with Crippen molar-refractivity contribution in [1.82, 2.24) is 19.9 Å². The first-order valence-corrected chi connectivity index (χ1v) is 8.95. The summed E-state index contributed by atoms with van der Waals surface area (Å²) in [6, 6.07) is 9.81. The van der Waals surface area contributed by atoms with E-state index in [9.17, 15) is 10.1 Å². The average molecular weight is 360 g/mol. The molecule has 0 radical (unpaired) electrons. The number of hydrogen-bond acceptors (Lipinski definition) is 6. The van der Waals surface area contributed by atoms with E-state index in [4.69, 9.17) is 0 Å². The van der Waals surface area contributed by atoms with Gasteiger partial charge in [0.15, 0.2) is 5.69 Å². The smallest absolute Gasteiger partial charge is 0.251 e. The molecular formula is C20H20N6O. The van der Waals surface area contributed by atoms with Gasteiger partial charge in [-0.15, -0.1) is 0 Å². The van der Waals surface area contributed by atoms with Crippen LogP contribution in [0.3, 0.4) is 0 Å². The van der Waals surface area contributed by atoms with E-state index in [1.165, 1.54) is 0 Å². The zero-order chi connectivity index (χ0) is 18.8. The first-order valence-electron chi connectivity index (χ1n) is 8.95. The first-order chi connectivity index (χ1) is 13.1. The lowest BCUT2D eigenvalue weighted by Crippen LogP contribution is -2.46. The molecule has 1 N–H and O–H groups in total. The summed E-state index contributed by atoms with van der Waals surface area (Å²) >= 11 is 0. The van der Waals surface area contributed by atoms with E-state index < -0.39 is 0 Å². The first kappa shape index (κ1) is 17.2. The Bertz CT molecular complexity index is 1080. The molecule has 0 spiro atoms. The van der Waals surface area contributed by atoms with Gasteiger partial charge in [-0.3, -0.25) is 14.7 Å². The van der Waals surface area contributed by atoms with Crippen LogP contribution in [0, 0.1) is 18.3 Å². The van der Waals surface area contributed by atoms with Gasteiger partial charge in [0.1, 0.15) is 6.07 Å². The number of anilines is 1. The maximum absolute atomic E-state index is 11.8. The summed E-state index contributed by atoms with van der Waals surface area (Å²) in [5.74, 6) is 0. The number of nitrogens with zero attached hydrogens (tertiary/aromatic N) is 5. The minimum atomic E-state index is -0.0696. The van der Waals surface area contributed by atoms with Gasteiger partial charge in [-0.05, 0) is 36.8 Å². The molecule has 4 rings (SSSR count). The standard InChI is InChI=1S/C20H20N6O/c1-14-9-16-17(24-20(14)27)10-15(12-23-16)13-25-5-7-26(8-6-25)19-3-2-4-22-18(19)11-21/h2-4,9-10,12H,5-8,13H2,1H3,(H,24,27). The number of rotatable bonds is 3. The van der Waals surface area contributed by atoms with Crippen molar-refractivity contribution in [2.45, 2.75) is 13.5 Å². The molecule has 1 aliphatic heterocycles. The van der Waals surface area contributed by atoms with Crippen LogP contribution in [0.1, 0.15) is 16.8 Å². The fraction of sp³-hybridized carbons (Fsp3) is 0.300. The van der Waals surface area contributed by atoms with E-state index in [2.05, 4.69) is 30.8 Å². The molecule has 3 aromatic rings. The Morgan fingerprint density at radius 3 is 2.81 bits per heavy atom. The molecule has 1 aliphatic rings. The van der Waals surface area contributed by atoms with Crippen molar-refractivity contribution >= 4 is 16.7 Å². The molecule has 0 aliphatic carbocycles. The Labute approximate surface area is 156 Å². The molecule has 0 unspecified atom stereocenters. The van der Waals surface area contributed by atoms with E-state index in [-0.39, 0.29) is 5.56 Å². The topological polar surface area (TPSA) is 88.9 Å². The summed E-state index contributed by atoms with van der Waals surface area (Å²) in [7, 11) is 0. The summed E-state index contributed by atoms with van der Waals surface area (Å²) in [6.07, 6.45) is 3.53. The van der Waals surface area contributed by atoms with Crippen molar-refractivity contribution in [2.24, 2.45) is 0 Å². The molecule has 27 heavy (non-hydrogen) atoms.